The van der Waals surface area contributed by atoms with Gasteiger partial charge in [-0.05, 0) is 18.6 Å². The van der Waals surface area contributed by atoms with Crippen LogP contribution in [0.4, 0.5) is 51.8 Å². The van der Waals surface area contributed by atoms with E-state index in [-0.39, 0.29) is 52.8 Å². The number of halogens is 12. The summed E-state index contributed by atoms with van der Waals surface area (Å²) in [6.07, 6.45) is 0. The minimum Gasteiger partial charge on any atom is -1.00 e. The SMILES string of the molecule is COc1ccccc1C.F[B-](F)(F)F.F[B-](F)(F)F.F[B-](F)(F)F.[H-].[K+]. The molecule has 0 aliphatic heterocycles. The molecule has 0 bridgehead atoms. The van der Waals surface area contributed by atoms with Crippen molar-refractivity contribution >= 4 is 21.8 Å². The third-order valence-corrected chi connectivity index (χ3v) is 1.31. The van der Waals surface area contributed by atoms with Gasteiger partial charge in [-0.25, -0.2) is 0 Å². The van der Waals surface area contributed by atoms with E-state index in [2.05, 4.69) is 0 Å². The molecule has 0 saturated carbocycles. The van der Waals surface area contributed by atoms with Crippen LogP contribution in [0, 0.1) is 6.92 Å². The molecule has 1 rings (SSSR count). The molecule has 0 unspecified atom stereocenters. The average Bonchev–Trinajstić information content (AvgIpc) is 2.22. The molecular formula is C8H11B3F12KO-3. The van der Waals surface area contributed by atoms with Crippen LogP contribution >= 0.6 is 0 Å². The standard InChI is InChI=1S/C8H10O.3BF4.K.H/c1-7-5-3-4-6-8(7)9-2;3*2-1(3,4)5;;/h3-6H,1-2H3;;;;;/q;3*-1;+1;-1. The maximum Gasteiger partial charge on any atom is 1.00 e. The fraction of sp³-hybridized carbons (Fsp3) is 0.250. The smallest absolute Gasteiger partial charge is 1.00 e. The molecule has 1 aromatic carbocycles. The van der Waals surface area contributed by atoms with Gasteiger partial charge < -0.3 is 58.0 Å². The summed E-state index contributed by atoms with van der Waals surface area (Å²) < 4.78 is 122. The third-order valence-electron chi connectivity index (χ3n) is 1.31. The van der Waals surface area contributed by atoms with Crippen LogP contribution in [0.5, 0.6) is 5.75 Å². The van der Waals surface area contributed by atoms with Crippen molar-refractivity contribution in [2.24, 2.45) is 0 Å². The summed E-state index contributed by atoms with van der Waals surface area (Å²) in [5.74, 6) is 0.956. The monoisotopic (exact) mass is 423 g/mol. The molecule has 0 radical (unpaired) electrons. The molecule has 25 heavy (non-hydrogen) atoms. The van der Waals surface area contributed by atoms with Crippen LogP contribution in [0.25, 0.3) is 0 Å². The van der Waals surface area contributed by atoms with Gasteiger partial charge in [0.05, 0.1) is 7.11 Å². The van der Waals surface area contributed by atoms with E-state index >= 15 is 0 Å². The van der Waals surface area contributed by atoms with Gasteiger partial charge in [0, 0.05) is 0 Å². The van der Waals surface area contributed by atoms with Crippen LogP contribution in [-0.4, -0.2) is 28.9 Å². The summed E-state index contributed by atoms with van der Waals surface area (Å²) in [4.78, 5) is 0. The molecule has 1 aromatic rings. The first-order valence-electron chi connectivity index (χ1n) is 5.56. The van der Waals surface area contributed by atoms with E-state index < -0.39 is 21.8 Å². The Morgan fingerprint density at radius 2 is 0.920 bits per heavy atom. The van der Waals surface area contributed by atoms with Gasteiger partial charge in [0.15, 0.2) is 0 Å². The van der Waals surface area contributed by atoms with E-state index in [4.69, 9.17) is 4.74 Å². The fourth-order valence-corrected chi connectivity index (χ4v) is 0.785. The van der Waals surface area contributed by atoms with Crippen molar-refractivity contribution in [1.29, 1.82) is 0 Å². The van der Waals surface area contributed by atoms with Crippen molar-refractivity contribution in [3.8, 4) is 5.75 Å². The molecule has 0 aliphatic carbocycles. The molecular weight excluding hydrogens is 412 g/mol. The molecule has 0 heterocycles. The minimum atomic E-state index is -6.00. The first-order chi connectivity index (χ1) is 10.3. The zero-order valence-electron chi connectivity index (χ0n) is 14.0. The second-order valence-corrected chi connectivity index (χ2v) is 3.45. The Hall–Kier alpha value is 0.0112. The molecule has 0 atom stereocenters. The maximum atomic E-state index is 9.75. The largest absolute Gasteiger partial charge is 1.00 e. The van der Waals surface area contributed by atoms with E-state index in [0.29, 0.717) is 0 Å². The van der Waals surface area contributed by atoms with Crippen LogP contribution in [0.1, 0.15) is 6.99 Å². The Kier molecular flexibility index (Phi) is 19.7. The summed E-state index contributed by atoms with van der Waals surface area (Å²) in [6.45, 7) is 2.03. The van der Waals surface area contributed by atoms with Crippen molar-refractivity contribution in [3.63, 3.8) is 0 Å². The zero-order valence-corrected chi connectivity index (χ0v) is 16.1. The maximum absolute atomic E-state index is 9.75. The van der Waals surface area contributed by atoms with Crippen LogP contribution in [0.15, 0.2) is 24.3 Å². The molecule has 1 nitrogen and oxygen atoms in total. The predicted octanol–water partition coefficient (Wildman–Crippen LogP) is 3.02. The van der Waals surface area contributed by atoms with Crippen LogP contribution in [0.3, 0.4) is 0 Å². The van der Waals surface area contributed by atoms with Crippen LogP contribution in [-0.2, 0) is 0 Å². The fourth-order valence-electron chi connectivity index (χ4n) is 0.785. The van der Waals surface area contributed by atoms with Gasteiger partial charge in [-0.1, -0.05) is 18.2 Å². The molecule has 0 spiro atoms. The molecule has 0 fully saturated rings. The van der Waals surface area contributed by atoms with Crippen molar-refractivity contribution in [1.82, 2.24) is 0 Å². The Bertz CT molecular complexity index is 395. The molecule has 0 aliphatic rings. The Balaban J connectivity index is -0.0000000771. The van der Waals surface area contributed by atoms with Gasteiger partial charge in [-0.2, -0.15) is 0 Å². The summed E-state index contributed by atoms with van der Waals surface area (Å²) >= 11 is 0. The van der Waals surface area contributed by atoms with Crippen molar-refractivity contribution in [2.45, 2.75) is 6.92 Å². The normalized spacial score (nSPS) is 10.5. The number of para-hydroxylation sites is 1. The number of ether oxygens (including phenoxy) is 1. The van der Waals surface area contributed by atoms with Gasteiger partial charge >= 0.3 is 73.1 Å². The molecule has 0 N–H and O–H groups in total. The quantitative estimate of drug-likeness (QED) is 0.499. The Labute approximate surface area is 179 Å². The van der Waals surface area contributed by atoms with Gasteiger partial charge in [0.1, 0.15) is 5.75 Å². The Morgan fingerprint density at radius 1 is 0.680 bits per heavy atom. The van der Waals surface area contributed by atoms with Crippen molar-refractivity contribution in [2.75, 3.05) is 7.11 Å². The van der Waals surface area contributed by atoms with E-state index in [0.717, 1.165) is 5.75 Å². The minimum absolute atomic E-state index is 0. The van der Waals surface area contributed by atoms with Gasteiger partial charge in [-0.3, -0.25) is 0 Å². The predicted molar refractivity (Wildman–Crippen MR) is 69.4 cm³/mol. The number of aryl methyl sites for hydroxylation is 1. The van der Waals surface area contributed by atoms with E-state index in [1.165, 1.54) is 5.56 Å². The zero-order chi connectivity index (χ0) is 20.2. The van der Waals surface area contributed by atoms with Gasteiger partial charge in [0.25, 0.3) is 0 Å². The molecule has 17 heteroatoms. The summed E-state index contributed by atoms with van der Waals surface area (Å²) in [5, 5.41) is 0. The number of methoxy groups -OCH3 is 1. The van der Waals surface area contributed by atoms with E-state index in [1.54, 1.807) is 7.11 Å². The van der Waals surface area contributed by atoms with Crippen LogP contribution in [0.2, 0.25) is 0 Å². The third kappa shape index (κ3) is 68.7. The van der Waals surface area contributed by atoms with Crippen molar-refractivity contribution < 1.29 is 109 Å². The molecule has 0 aromatic heterocycles. The first-order valence-corrected chi connectivity index (χ1v) is 5.56. The second kappa shape index (κ2) is 15.1. The summed E-state index contributed by atoms with van der Waals surface area (Å²) in [5.41, 5.74) is 1.18. The topological polar surface area (TPSA) is 9.23 Å². The average molecular weight is 423 g/mol. The molecule has 0 amide bonds. The number of hydrogen-bond donors (Lipinski definition) is 0. The number of rotatable bonds is 1. The van der Waals surface area contributed by atoms with Crippen LogP contribution < -0.4 is 56.1 Å². The van der Waals surface area contributed by atoms with Gasteiger partial charge in [-0.15, -0.1) is 0 Å². The Morgan fingerprint density at radius 3 is 1.08 bits per heavy atom. The van der Waals surface area contributed by atoms with E-state index in [9.17, 15) is 51.8 Å². The summed E-state index contributed by atoms with van der Waals surface area (Å²) in [7, 11) is -16.3. The second-order valence-electron chi connectivity index (χ2n) is 3.45. The first kappa shape index (κ1) is 32.7. The molecule has 0 saturated heterocycles. The number of hydrogen-bond acceptors (Lipinski definition) is 1. The van der Waals surface area contributed by atoms with E-state index in [1.807, 2.05) is 31.2 Å². The summed E-state index contributed by atoms with van der Waals surface area (Å²) in [6, 6.07) is 7.94. The number of benzene rings is 1. The van der Waals surface area contributed by atoms with Crippen molar-refractivity contribution in [3.05, 3.63) is 29.8 Å². The molecule has 146 valence electrons. The van der Waals surface area contributed by atoms with Gasteiger partial charge in [0.2, 0.25) is 0 Å².